The van der Waals surface area contributed by atoms with Crippen LogP contribution in [0.3, 0.4) is 0 Å². The van der Waals surface area contributed by atoms with Crippen LogP contribution in [0.4, 0.5) is 0 Å². The van der Waals surface area contributed by atoms with Gasteiger partial charge in [0.1, 0.15) is 0 Å². The first kappa shape index (κ1) is 29.9. The van der Waals surface area contributed by atoms with Crippen LogP contribution in [-0.2, 0) is 16.2 Å². The van der Waals surface area contributed by atoms with E-state index in [9.17, 15) is 4.79 Å². The SMILES string of the molecule is CC(CPC(=O)c1c(C(C)(C)C)cc(C(C)(C)C)cc1C(C)(C)C)CC(C)(C)C.[Li]. The van der Waals surface area contributed by atoms with Crippen LogP contribution in [0.2, 0.25) is 0 Å². The topological polar surface area (TPSA) is 17.1 Å². The summed E-state index contributed by atoms with van der Waals surface area (Å²) in [5, 5.41) is 0. The summed E-state index contributed by atoms with van der Waals surface area (Å²) in [6.07, 6.45) is 2.15. The third-order valence-corrected chi connectivity index (χ3v) is 6.89. The average Bonchev–Trinajstić information content (AvgIpc) is 2.47. The van der Waals surface area contributed by atoms with Crippen LogP contribution in [0, 0.1) is 11.3 Å². The number of carbonyl (C=O) groups excluding carboxylic acids is 1. The third-order valence-electron chi connectivity index (χ3n) is 5.42. The zero-order valence-electron chi connectivity index (χ0n) is 22.6. The summed E-state index contributed by atoms with van der Waals surface area (Å²) in [6, 6.07) is 4.62. The molecular weight excluding hydrogens is 378 g/mol. The second kappa shape index (κ2) is 10.2. The summed E-state index contributed by atoms with van der Waals surface area (Å²) in [5.74, 6) is 0.572. The van der Waals surface area contributed by atoms with Gasteiger partial charge in [-0.3, -0.25) is 4.79 Å². The van der Waals surface area contributed by atoms with Crippen LogP contribution in [0.15, 0.2) is 12.1 Å². The van der Waals surface area contributed by atoms with Gasteiger partial charge in [-0.2, -0.15) is 0 Å². The summed E-state index contributed by atoms with van der Waals surface area (Å²) in [6.45, 7) is 29.4. The van der Waals surface area contributed by atoms with Crippen LogP contribution >= 0.6 is 8.58 Å². The molecule has 1 aromatic carbocycles. The van der Waals surface area contributed by atoms with Gasteiger partial charge in [-0.05, 0) is 65.4 Å². The van der Waals surface area contributed by atoms with E-state index in [1.165, 1.54) is 16.7 Å². The van der Waals surface area contributed by atoms with E-state index in [2.05, 4.69) is 102 Å². The Labute approximate surface area is 201 Å². The van der Waals surface area contributed by atoms with Gasteiger partial charge in [-0.1, -0.05) is 102 Å². The molecule has 0 saturated carbocycles. The fraction of sp³-hybridized carbons (Fsp3) is 0.741. The quantitative estimate of drug-likeness (QED) is 0.344. The smallest absolute Gasteiger partial charge is 0.181 e. The maximum Gasteiger partial charge on any atom is 0.181 e. The minimum absolute atomic E-state index is 0. The first-order valence-corrected chi connectivity index (χ1v) is 12.4. The van der Waals surface area contributed by atoms with Crippen molar-refractivity contribution in [3.63, 3.8) is 0 Å². The molecule has 0 fully saturated rings. The van der Waals surface area contributed by atoms with Crippen LogP contribution < -0.4 is 0 Å². The van der Waals surface area contributed by atoms with E-state index in [1.54, 1.807) is 0 Å². The van der Waals surface area contributed by atoms with Gasteiger partial charge in [-0.25, -0.2) is 0 Å². The largest absolute Gasteiger partial charge is 0.289 e. The molecule has 167 valence electrons. The van der Waals surface area contributed by atoms with Crippen molar-refractivity contribution in [2.45, 2.75) is 113 Å². The molecule has 2 unspecified atom stereocenters. The standard InChI is InChI=1S/C27H47OP.Li/c1-18(16-24(2,3)4)17-29-23(28)22-20(26(8,9)10)14-19(25(5,6)7)15-21(22)27(11,12)13;/h14-15,18,29H,16-17H2,1-13H3;. The number of carbonyl (C=O) groups is 1. The normalized spacial score (nSPS) is 14.7. The van der Waals surface area contributed by atoms with Gasteiger partial charge >= 0.3 is 0 Å². The Kier molecular flexibility index (Phi) is 10.2. The molecule has 2 atom stereocenters. The number of hydrogen-bond acceptors (Lipinski definition) is 1. The molecule has 30 heavy (non-hydrogen) atoms. The summed E-state index contributed by atoms with van der Waals surface area (Å²) in [5.41, 5.74) is 5.36. The van der Waals surface area contributed by atoms with Crippen LogP contribution in [-0.4, -0.2) is 30.5 Å². The van der Waals surface area contributed by atoms with Gasteiger partial charge in [0.2, 0.25) is 0 Å². The number of benzene rings is 1. The first-order chi connectivity index (χ1) is 12.7. The summed E-state index contributed by atoms with van der Waals surface area (Å²) < 4.78 is 0. The molecule has 3 heteroatoms. The fourth-order valence-electron chi connectivity index (χ4n) is 3.98. The molecule has 0 bridgehead atoms. The minimum atomic E-state index is -0.0617. The first-order valence-electron chi connectivity index (χ1n) is 11.2. The molecule has 1 aromatic rings. The molecule has 0 amide bonds. The van der Waals surface area contributed by atoms with Crippen molar-refractivity contribution in [3.8, 4) is 0 Å². The van der Waals surface area contributed by atoms with Gasteiger partial charge < -0.3 is 0 Å². The molecule has 0 aromatic heterocycles. The molecule has 1 nitrogen and oxygen atoms in total. The van der Waals surface area contributed by atoms with E-state index in [1.807, 2.05) is 0 Å². The van der Waals surface area contributed by atoms with Crippen molar-refractivity contribution >= 4 is 33.0 Å². The Balaban J connectivity index is 0.00000841. The van der Waals surface area contributed by atoms with E-state index in [0.717, 1.165) is 18.1 Å². The molecule has 0 aliphatic carbocycles. The van der Waals surface area contributed by atoms with Crippen molar-refractivity contribution in [3.05, 3.63) is 34.4 Å². The average molecular weight is 426 g/mol. The maximum absolute atomic E-state index is 13.6. The monoisotopic (exact) mass is 425 g/mol. The molecular formula is C27H47LiOP. The third kappa shape index (κ3) is 8.81. The molecule has 1 rings (SSSR count). The molecule has 0 aliphatic rings. The van der Waals surface area contributed by atoms with Gasteiger partial charge in [0.05, 0.1) is 0 Å². The van der Waals surface area contributed by atoms with Crippen molar-refractivity contribution in [2.24, 2.45) is 11.3 Å². The van der Waals surface area contributed by atoms with E-state index in [0.29, 0.717) is 25.4 Å². The predicted molar refractivity (Wildman–Crippen MR) is 139 cm³/mol. The zero-order chi connectivity index (χ0) is 23.0. The Hall–Kier alpha value is -0.0826. The van der Waals surface area contributed by atoms with E-state index >= 15 is 0 Å². The molecule has 0 heterocycles. The Bertz CT molecular complexity index is 686. The van der Waals surface area contributed by atoms with Crippen molar-refractivity contribution in [1.82, 2.24) is 0 Å². The van der Waals surface area contributed by atoms with Gasteiger partial charge in [-0.15, -0.1) is 0 Å². The Morgan fingerprint density at radius 1 is 0.800 bits per heavy atom. The zero-order valence-corrected chi connectivity index (χ0v) is 23.6. The van der Waals surface area contributed by atoms with Gasteiger partial charge in [0.15, 0.2) is 5.52 Å². The summed E-state index contributed by atoms with van der Waals surface area (Å²) in [7, 11) is 0.345. The van der Waals surface area contributed by atoms with Crippen LogP contribution in [0.1, 0.15) is 123 Å². The van der Waals surface area contributed by atoms with Crippen LogP contribution in [0.25, 0.3) is 0 Å². The molecule has 1 radical (unpaired) electrons. The Morgan fingerprint density at radius 2 is 1.20 bits per heavy atom. The molecule has 0 saturated heterocycles. The predicted octanol–water partition coefficient (Wildman–Crippen LogP) is 8.09. The summed E-state index contributed by atoms with van der Waals surface area (Å²) >= 11 is 0. The molecule has 0 N–H and O–H groups in total. The van der Waals surface area contributed by atoms with E-state index < -0.39 is 0 Å². The fourth-order valence-corrected chi connectivity index (χ4v) is 5.10. The van der Waals surface area contributed by atoms with E-state index in [-0.39, 0.29) is 35.1 Å². The molecule has 0 spiro atoms. The summed E-state index contributed by atoms with van der Waals surface area (Å²) in [4.78, 5) is 13.6. The Morgan fingerprint density at radius 3 is 1.50 bits per heavy atom. The van der Waals surface area contributed by atoms with Crippen molar-refractivity contribution < 1.29 is 4.79 Å². The van der Waals surface area contributed by atoms with Crippen molar-refractivity contribution in [2.75, 3.05) is 6.16 Å². The van der Waals surface area contributed by atoms with E-state index in [4.69, 9.17) is 0 Å². The molecule has 0 aliphatic heterocycles. The number of hydrogen-bond donors (Lipinski definition) is 0. The maximum atomic E-state index is 13.6. The second-order valence-electron chi connectivity index (χ2n) is 13.3. The van der Waals surface area contributed by atoms with Gasteiger partial charge in [0.25, 0.3) is 0 Å². The second-order valence-corrected chi connectivity index (χ2v) is 14.5. The van der Waals surface area contributed by atoms with Crippen molar-refractivity contribution in [1.29, 1.82) is 0 Å². The number of rotatable bonds is 5. The minimum Gasteiger partial charge on any atom is -0.289 e. The van der Waals surface area contributed by atoms with Gasteiger partial charge in [0, 0.05) is 24.4 Å². The van der Waals surface area contributed by atoms with Crippen LogP contribution in [0.5, 0.6) is 0 Å².